The molecule has 0 spiro atoms. The zero-order valence-electron chi connectivity index (χ0n) is 11.4. The van der Waals surface area contributed by atoms with Crippen LogP contribution in [0, 0.1) is 5.92 Å². The smallest absolute Gasteiger partial charge is 0.272 e. The van der Waals surface area contributed by atoms with E-state index in [1.54, 1.807) is 0 Å². The third-order valence-corrected chi connectivity index (χ3v) is 4.04. The second-order valence-electron chi connectivity index (χ2n) is 5.50. The van der Waals surface area contributed by atoms with Crippen molar-refractivity contribution < 1.29 is 18.0 Å². The summed E-state index contributed by atoms with van der Waals surface area (Å²) < 4.78 is 38.2. The number of halogens is 3. The highest BCUT2D eigenvalue weighted by Gasteiger charge is 2.34. The number of benzene rings is 1. The Balaban J connectivity index is 1.88. The van der Waals surface area contributed by atoms with E-state index in [2.05, 4.69) is 5.10 Å². The molecule has 0 saturated heterocycles. The fraction of sp³-hybridized carbons (Fsp3) is 0.467. The molecule has 1 amide bonds. The molecule has 0 unspecified atom stereocenters. The van der Waals surface area contributed by atoms with Crippen LogP contribution in [0.2, 0.25) is 0 Å². The topological polar surface area (TPSA) is 32.7 Å². The number of rotatable bonds is 2. The van der Waals surface area contributed by atoms with E-state index in [1.807, 2.05) is 0 Å². The Morgan fingerprint density at radius 1 is 1.19 bits per heavy atom. The van der Waals surface area contributed by atoms with Crippen LogP contribution in [-0.4, -0.2) is 11.6 Å². The predicted octanol–water partition coefficient (Wildman–Crippen LogP) is 3.99. The molecular weight excluding hydrogens is 281 g/mol. The summed E-state index contributed by atoms with van der Waals surface area (Å²) in [6.45, 7) is 0. The number of anilines is 1. The van der Waals surface area contributed by atoms with Crippen LogP contribution >= 0.6 is 0 Å². The molecule has 112 valence electrons. The number of alkyl halides is 3. The second-order valence-corrected chi connectivity index (χ2v) is 5.50. The second kappa shape index (κ2) is 5.16. The highest BCUT2D eigenvalue weighted by molar-refractivity contribution is 6.13. The summed E-state index contributed by atoms with van der Waals surface area (Å²) >= 11 is 0. The van der Waals surface area contributed by atoms with Gasteiger partial charge in [-0.05, 0) is 37.0 Å². The standard InChI is InChI=1S/C15H15F3N2O/c16-15(17,18)11-6-3-7-12(8-11)20-14(21)9-13(19-20)10-4-1-2-5-10/h3,6-8,10H,1-2,4-5,9H2. The Bertz CT molecular complexity index is 589. The van der Waals surface area contributed by atoms with Crippen molar-refractivity contribution in [3.63, 3.8) is 0 Å². The van der Waals surface area contributed by atoms with Gasteiger partial charge in [-0.15, -0.1) is 0 Å². The normalized spacial score (nSPS) is 20.2. The average molecular weight is 296 g/mol. The summed E-state index contributed by atoms with van der Waals surface area (Å²) in [5.41, 5.74) is 0.232. The van der Waals surface area contributed by atoms with Gasteiger partial charge in [0.2, 0.25) is 0 Å². The number of hydrazone groups is 1. The largest absolute Gasteiger partial charge is 0.416 e. The van der Waals surface area contributed by atoms with E-state index >= 15 is 0 Å². The van der Waals surface area contributed by atoms with Crippen molar-refractivity contribution >= 4 is 17.3 Å². The molecule has 1 saturated carbocycles. The molecule has 1 aliphatic heterocycles. The summed E-state index contributed by atoms with van der Waals surface area (Å²) in [6, 6.07) is 4.74. The van der Waals surface area contributed by atoms with Crippen molar-refractivity contribution in [3.8, 4) is 0 Å². The maximum atomic E-state index is 12.7. The third kappa shape index (κ3) is 2.80. The average Bonchev–Trinajstić information content (AvgIpc) is 3.07. The lowest BCUT2D eigenvalue weighted by molar-refractivity contribution is -0.137. The van der Waals surface area contributed by atoms with Gasteiger partial charge in [-0.2, -0.15) is 18.3 Å². The zero-order valence-corrected chi connectivity index (χ0v) is 11.4. The SMILES string of the molecule is O=C1CC(C2CCCC2)=NN1c1cccc(C(F)(F)F)c1. The molecule has 2 aliphatic rings. The Kier molecular flexibility index (Phi) is 3.47. The number of carbonyl (C=O) groups is 1. The minimum absolute atomic E-state index is 0.183. The minimum atomic E-state index is -4.42. The first-order valence-corrected chi connectivity index (χ1v) is 7.03. The van der Waals surface area contributed by atoms with Crippen LogP contribution in [0.4, 0.5) is 18.9 Å². The summed E-state index contributed by atoms with van der Waals surface area (Å²) in [5.74, 6) is 0.0565. The first kappa shape index (κ1) is 14.1. The van der Waals surface area contributed by atoms with Gasteiger partial charge in [0.15, 0.2) is 0 Å². The molecule has 0 N–H and O–H groups in total. The third-order valence-electron chi connectivity index (χ3n) is 4.04. The Hall–Kier alpha value is -1.85. The van der Waals surface area contributed by atoms with Crippen molar-refractivity contribution in [2.75, 3.05) is 5.01 Å². The number of nitrogens with zero attached hydrogens (tertiary/aromatic N) is 2. The molecule has 1 fully saturated rings. The number of amides is 1. The van der Waals surface area contributed by atoms with E-state index in [-0.39, 0.29) is 18.0 Å². The van der Waals surface area contributed by atoms with Crippen molar-refractivity contribution in [2.24, 2.45) is 11.0 Å². The van der Waals surface area contributed by atoms with Crippen LogP contribution in [0.15, 0.2) is 29.4 Å². The summed E-state index contributed by atoms with van der Waals surface area (Å²) in [6.07, 6.45) is 0.0889. The van der Waals surface area contributed by atoms with Crippen molar-refractivity contribution in [1.29, 1.82) is 0 Å². The van der Waals surface area contributed by atoms with Crippen LogP contribution in [-0.2, 0) is 11.0 Å². The van der Waals surface area contributed by atoms with Gasteiger partial charge in [-0.25, -0.2) is 5.01 Å². The van der Waals surface area contributed by atoms with E-state index in [0.717, 1.165) is 48.5 Å². The molecule has 21 heavy (non-hydrogen) atoms. The Morgan fingerprint density at radius 2 is 1.90 bits per heavy atom. The van der Waals surface area contributed by atoms with Crippen LogP contribution in [0.3, 0.4) is 0 Å². The molecule has 1 aromatic carbocycles. The van der Waals surface area contributed by atoms with Gasteiger partial charge in [0.05, 0.1) is 23.4 Å². The lowest BCUT2D eigenvalue weighted by atomic mass is 10.00. The Labute approximate surface area is 120 Å². The van der Waals surface area contributed by atoms with Crippen LogP contribution in [0.5, 0.6) is 0 Å². The van der Waals surface area contributed by atoms with Crippen LogP contribution in [0.25, 0.3) is 0 Å². The maximum absolute atomic E-state index is 12.7. The van der Waals surface area contributed by atoms with Gasteiger partial charge in [0.1, 0.15) is 0 Å². The Morgan fingerprint density at radius 3 is 2.57 bits per heavy atom. The summed E-state index contributed by atoms with van der Waals surface area (Å²) in [7, 11) is 0. The lowest BCUT2D eigenvalue weighted by Crippen LogP contribution is -2.20. The van der Waals surface area contributed by atoms with Crippen molar-refractivity contribution in [2.45, 2.75) is 38.3 Å². The van der Waals surface area contributed by atoms with Crippen LogP contribution in [0.1, 0.15) is 37.7 Å². The molecule has 3 nitrogen and oxygen atoms in total. The van der Waals surface area contributed by atoms with E-state index in [1.165, 1.54) is 12.1 Å². The molecule has 0 bridgehead atoms. The summed E-state index contributed by atoms with van der Waals surface area (Å²) in [4.78, 5) is 12.0. The minimum Gasteiger partial charge on any atom is -0.272 e. The molecule has 1 aromatic rings. The first-order valence-electron chi connectivity index (χ1n) is 7.03. The molecule has 1 aliphatic carbocycles. The molecule has 6 heteroatoms. The van der Waals surface area contributed by atoms with Gasteiger partial charge < -0.3 is 0 Å². The molecule has 3 rings (SSSR count). The predicted molar refractivity (Wildman–Crippen MR) is 72.9 cm³/mol. The van der Waals surface area contributed by atoms with Gasteiger partial charge >= 0.3 is 6.18 Å². The number of hydrogen-bond acceptors (Lipinski definition) is 2. The maximum Gasteiger partial charge on any atom is 0.416 e. The fourth-order valence-electron chi connectivity index (χ4n) is 2.95. The fourth-order valence-corrected chi connectivity index (χ4v) is 2.95. The van der Waals surface area contributed by atoms with Gasteiger partial charge in [0.25, 0.3) is 5.91 Å². The van der Waals surface area contributed by atoms with E-state index in [9.17, 15) is 18.0 Å². The van der Waals surface area contributed by atoms with E-state index in [4.69, 9.17) is 0 Å². The highest BCUT2D eigenvalue weighted by Crippen LogP contribution is 2.34. The van der Waals surface area contributed by atoms with Gasteiger partial charge in [-0.3, -0.25) is 4.79 Å². The van der Waals surface area contributed by atoms with E-state index in [0.29, 0.717) is 5.92 Å². The number of carbonyl (C=O) groups excluding carboxylic acids is 1. The highest BCUT2D eigenvalue weighted by atomic mass is 19.4. The number of hydrogen-bond donors (Lipinski definition) is 0. The van der Waals surface area contributed by atoms with Crippen molar-refractivity contribution in [3.05, 3.63) is 29.8 Å². The monoisotopic (exact) mass is 296 g/mol. The van der Waals surface area contributed by atoms with Gasteiger partial charge in [-0.1, -0.05) is 18.9 Å². The van der Waals surface area contributed by atoms with E-state index < -0.39 is 11.7 Å². The quantitative estimate of drug-likeness (QED) is 0.812. The molecule has 0 aromatic heterocycles. The lowest BCUT2D eigenvalue weighted by Gasteiger charge is -2.14. The molecule has 0 atom stereocenters. The van der Waals surface area contributed by atoms with Gasteiger partial charge in [0, 0.05) is 0 Å². The van der Waals surface area contributed by atoms with Crippen LogP contribution < -0.4 is 5.01 Å². The first-order chi connectivity index (χ1) is 9.95. The summed E-state index contributed by atoms with van der Waals surface area (Å²) in [5, 5.41) is 5.39. The zero-order chi connectivity index (χ0) is 15.0. The molecular formula is C15H15F3N2O. The van der Waals surface area contributed by atoms with Crippen molar-refractivity contribution in [1.82, 2.24) is 0 Å². The molecule has 1 heterocycles. The molecule has 0 radical (unpaired) electrons.